The van der Waals surface area contributed by atoms with Crippen molar-refractivity contribution in [1.29, 1.82) is 0 Å². The summed E-state index contributed by atoms with van der Waals surface area (Å²) < 4.78 is 12.8. The van der Waals surface area contributed by atoms with Gasteiger partial charge in [-0.3, -0.25) is 4.90 Å². The van der Waals surface area contributed by atoms with E-state index >= 15 is 0 Å². The minimum Gasteiger partial charge on any atom is -0.317 e. The molecule has 0 amide bonds. The monoisotopic (exact) mass is 274 g/mol. The SMILES string of the molecule is Fc1ccc(/C=C/CN2CCC3(CCNCC3)C2)cc1. The maximum absolute atomic E-state index is 12.8. The molecule has 1 spiro atoms. The van der Waals surface area contributed by atoms with Crippen LogP contribution in [-0.2, 0) is 0 Å². The predicted molar refractivity (Wildman–Crippen MR) is 81.0 cm³/mol. The fraction of sp³-hybridized carbons (Fsp3) is 0.529. The molecule has 20 heavy (non-hydrogen) atoms. The third-order valence-electron chi connectivity index (χ3n) is 4.73. The van der Waals surface area contributed by atoms with E-state index in [1.165, 1.54) is 57.6 Å². The second kappa shape index (κ2) is 6.06. The Kier molecular flexibility index (Phi) is 4.18. The molecule has 3 heteroatoms. The van der Waals surface area contributed by atoms with E-state index in [-0.39, 0.29) is 5.82 Å². The molecule has 0 unspecified atom stereocenters. The number of piperidine rings is 1. The molecule has 2 saturated heterocycles. The minimum absolute atomic E-state index is 0.172. The first-order valence-electron chi connectivity index (χ1n) is 7.61. The van der Waals surface area contributed by atoms with Gasteiger partial charge in [-0.1, -0.05) is 24.3 Å². The maximum atomic E-state index is 12.8. The van der Waals surface area contributed by atoms with Crippen molar-refractivity contribution in [2.45, 2.75) is 19.3 Å². The third kappa shape index (κ3) is 3.28. The zero-order valence-corrected chi connectivity index (χ0v) is 11.9. The van der Waals surface area contributed by atoms with Gasteiger partial charge in [0.05, 0.1) is 0 Å². The first-order valence-corrected chi connectivity index (χ1v) is 7.61. The summed E-state index contributed by atoms with van der Waals surface area (Å²) in [5.74, 6) is -0.172. The van der Waals surface area contributed by atoms with Crippen LogP contribution >= 0.6 is 0 Å². The molecular formula is C17H23FN2. The number of nitrogens with one attached hydrogen (secondary N) is 1. The highest BCUT2D eigenvalue weighted by atomic mass is 19.1. The molecule has 2 aliphatic rings. The van der Waals surface area contributed by atoms with Gasteiger partial charge in [-0.2, -0.15) is 0 Å². The summed E-state index contributed by atoms with van der Waals surface area (Å²) in [5.41, 5.74) is 1.65. The van der Waals surface area contributed by atoms with Gasteiger partial charge in [0.2, 0.25) is 0 Å². The van der Waals surface area contributed by atoms with Crippen LogP contribution in [0.25, 0.3) is 6.08 Å². The van der Waals surface area contributed by atoms with E-state index in [0.717, 1.165) is 12.1 Å². The van der Waals surface area contributed by atoms with E-state index in [9.17, 15) is 4.39 Å². The summed E-state index contributed by atoms with van der Waals surface area (Å²) >= 11 is 0. The largest absolute Gasteiger partial charge is 0.317 e. The van der Waals surface area contributed by atoms with Crippen LogP contribution in [0, 0.1) is 11.2 Å². The Hall–Kier alpha value is -1.19. The summed E-state index contributed by atoms with van der Waals surface area (Å²) in [7, 11) is 0. The van der Waals surface area contributed by atoms with Crippen molar-refractivity contribution >= 4 is 6.08 Å². The van der Waals surface area contributed by atoms with Crippen LogP contribution in [0.3, 0.4) is 0 Å². The average Bonchev–Trinajstić information content (AvgIpc) is 2.85. The van der Waals surface area contributed by atoms with Crippen molar-refractivity contribution in [3.63, 3.8) is 0 Å². The van der Waals surface area contributed by atoms with Crippen LogP contribution in [0.5, 0.6) is 0 Å². The fourth-order valence-electron chi connectivity index (χ4n) is 3.46. The van der Waals surface area contributed by atoms with E-state index in [1.807, 2.05) is 12.1 Å². The summed E-state index contributed by atoms with van der Waals surface area (Å²) in [6.45, 7) is 5.82. The van der Waals surface area contributed by atoms with Crippen molar-refractivity contribution in [2.75, 3.05) is 32.7 Å². The Morgan fingerprint density at radius 3 is 2.65 bits per heavy atom. The fourth-order valence-corrected chi connectivity index (χ4v) is 3.46. The van der Waals surface area contributed by atoms with Gasteiger partial charge >= 0.3 is 0 Å². The van der Waals surface area contributed by atoms with E-state index < -0.39 is 0 Å². The predicted octanol–water partition coefficient (Wildman–Crippen LogP) is 2.91. The molecule has 0 atom stereocenters. The topological polar surface area (TPSA) is 15.3 Å². The molecule has 0 bridgehead atoms. The van der Waals surface area contributed by atoms with Crippen molar-refractivity contribution in [3.05, 3.63) is 41.7 Å². The Labute approximate surface area is 120 Å². The first-order chi connectivity index (χ1) is 9.76. The molecule has 1 N–H and O–H groups in total. The van der Waals surface area contributed by atoms with Gasteiger partial charge in [0.15, 0.2) is 0 Å². The minimum atomic E-state index is -0.172. The van der Waals surface area contributed by atoms with Crippen LogP contribution < -0.4 is 5.32 Å². The van der Waals surface area contributed by atoms with E-state index in [1.54, 1.807) is 0 Å². The third-order valence-corrected chi connectivity index (χ3v) is 4.73. The number of benzene rings is 1. The van der Waals surface area contributed by atoms with Gasteiger partial charge in [0.25, 0.3) is 0 Å². The van der Waals surface area contributed by atoms with Crippen LogP contribution in [0.2, 0.25) is 0 Å². The van der Waals surface area contributed by atoms with Gasteiger partial charge in [0, 0.05) is 13.1 Å². The van der Waals surface area contributed by atoms with Crippen LogP contribution in [0.15, 0.2) is 30.3 Å². The summed E-state index contributed by atoms with van der Waals surface area (Å²) in [6.07, 6.45) is 8.29. The lowest BCUT2D eigenvalue weighted by Crippen LogP contribution is -2.38. The molecule has 0 saturated carbocycles. The Bertz CT molecular complexity index is 460. The number of hydrogen-bond acceptors (Lipinski definition) is 2. The molecular weight excluding hydrogens is 251 g/mol. The summed E-state index contributed by atoms with van der Waals surface area (Å²) in [4.78, 5) is 2.55. The molecule has 2 fully saturated rings. The maximum Gasteiger partial charge on any atom is 0.123 e. The van der Waals surface area contributed by atoms with E-state index in [2.05, 4.69) is 22.4 Å². The summed E-state index contributed by atoms with van der Waals surface area (Å²) in [5, 5.41) is 3.46. The zero-order chi connectivity index (χ0) is 13.8. The number of hydrogen-bond donors (Lipinski definition) is 1. The van der Waals surface area contributed by atoms with Crippen molar-refractivity contribution in [3.8, 4) is 0 Å². The smallest absolute Gasteiger partial charge is 0.123 e. The number of likely N-dealkylation sites (tertiary alicyclic amines) is 1. The van der Waals surface area contributed by atoms with Gasteiger partial charge in [-0.05, 0) is 62.0 Å². The first kappa shape index (κ1) is 13.8. The second-order valence-electron chi connectivity index (χ2n) is 6.19. The molecule has 1 aromatic rings. The van der Waals surface area contributed by atoms with Crippen molar-refractivity contribution in [2.24, 2.45) is 5.41 Å². The number of nitrogens with zero attached hydrogens (tertiary/aromatic N) is 1. The molecule has 1 aromatic carbocycles. The summed E-state index contributed by atoms with van der Waals surface area (Å²) in [6, 6.07) is 6.67. The number of halogens is 1. The lowest BCUT2D eigenvalue weighted by atomic mass is 9.78. The normalized spacial score (nSPS) is 22.9. The standard InChI is InChI=1S/C17H23FN2/c18-16-5-3-15(4-6-16)2-1-12-20-13-9-17(14-20)7-10-19-11-8-17/h1-6,19H,7-14H2/b2-1+. The number of rotatable bonds is 3. The quantitative estimate of drug-likeness (QED) is 0.911. The average molecular weight is 274 g/mol. The molecule has 0 radical (unpaired) electrons. The highest BCUT2D eigenvalue weighted by molar-refractivity contribution is 5.48. The van der Waals surface area contributed by atoms with Gasteiger partial charge in [-0.25, -0.2) is 4.39 Å². The Morgan fingerprint density at radius 2 is 1.90 bits per heavy atom. The molecule has 2 nitrogen and oxygen atoms in total. The van der Waals surface area contributed by atoms with E-state index in [4.69, 9.17) is 0 Å². The Morgan fingerprint density at radius 1 is 1.15 bits per heavy atom. The van der Waals surface area contributed by atoms with Crippen molar-refractivity contribution < 1.29 is 4.39 Å². The lowest BCUT2D eigenvalue weighted by molar-refractivity contribution is 0.202. The molecule has 0 aliphatic carbocycles. The highest BCUT2D eigenvalue weighted by Crippen LogP contribution is 2.38. The second-order valence-corrected chi connectivity index (χ2v) is 6.19. The Balaban J connectivity index is 1.51. The highest BCUT2D eigenvalue weighted by Gasteiger charge is 2.38. The van der Waals surface area contributed by atoms with Gasteiger partial charge in [-0.15, -0.1) is 0 Å². The molecule has 108 valence electrons. The molecule has 0 aromatic heterocycles. The molecule has 2 aliphatic heterocycles. The van der Waals surface area contributed by atoms with Crippen LogP contribution in [-0.4, -0.2) is 37.6 Å². The van der Waals surface area contributed by atoms with Gasteiger partial charge in [0.1, 0.15) is 5.82 Å². The van der Waals surface area contributed by atoms with Crippen molar-refractivity contribution in [1.82, 2.24) is 10.2 Å². The molecule has 2 heterocycles. The van der Waals surface area contributed by atoms with Crippen LogP contribution in [0.1, 0.15) is 24.8 Å². The lowest BCUT2D eigenvalue weighted by Gasteiger charge is -2.33. The molecule has 3 rings (SSSR count). The van der Waals surface area contributed by atoms with Gasteiger partial charge < -0.3 is 5.32 Å². The van der Waals surface area contributed by atoms with Crippen LogP contribution in [0.4, 0.5) is 4.39 Å². The zero-order valence-electron chi connectivity index (χ0n) is 11.9. The van der Waals surface area contributed by atoms with E-state index in [0.29, 0.717) is 5.41 Å².